The quantitative estimate of drug-likeness (QED) is 0.877. The van der Waals surface area contributed by atoms with Crippen molar-refractivity contribution in [3.05, 3.63) is 24.0 Å². The van der Waals surface area contributed by atoms with Crippen molar-refractivity contribution in [3.63, 3.8) is 0 Å². The van der Waals surface area contributed by atoms with Crippen LogP contribution in [0.3, 0.4) is 0 Å². The maximum absolute atomic E-state index is 12.3. The van der Waals surface area contributed by atoms with Gasteiger partial charge in [-0.25, -0.2) is 4.79 Å². The van der Waals surface area contributed by atoms with Crippen LogP contribution in [-0.2, 0) is 4.79 Å². The van der Waals surface area contributed by atoms with Gasteiger partial charge in [-0.1, -0.05) is 0 Å². The zero-order valence-corrected chi connectivity index (χ0v) is 11.3. The number of carboxylic acid groups (broad SMARTS) is 1. The predicted octanol–water partition coefficient (Wildman–Crippen LogP) is 1.51. The Labute approximate surface area is 115 Å². The Morgan fingerprint density at radius 1 is 1.47 bits per heavy atom. The first kappa shape index (κ1) is 12.6. The zero-order chi connectivity index (χ0) is 13.5. The Morgan fingerprint density at radius 3 is 2.84 bits per heavy atom. The summed E-state index contributed by atoms with van der Waals surface area (Å²) in [5.41, 5.74) is -0.527. The van der Waals surface area contributed by atoms with Crippen LogP contribution in [-0.4, -0.2) is 38.6 Å². The van der Waals surface area contributed by atoms with Gasteiger partial charge in [-0.05, 0) is 37.1 Å². The first-order valence-corrected chi connectivity index (χ1v) is 7.58. The van der Waals surface area contributed by atoms with E-state index < -0.39 is 11.5 Å². The van der Waals surface area contributed by atoms with Gasteiger partial charge in [-0.3, -0.25) is 4.79 Å². The summed E-state index contributed by atoms with van der Waals surface area (Å²) < 4.78 is 1.95. The second-order valence-electron chi connectivity index (χ2n) is 5.18. The van der Waals surface area contributed by atoms with Gasteiger partial charge in [0.25, 0.3) is 5.91 Å². The van der Waals surface area contributed by atoms with Crippen LogP contribution in [0.5, 0.6) is 0 Å². The monoisotopic (exact) mass is 280 g/mol. The molecule has 102 valence electrons. The van der Waals surface area contributed by atoms with E-state index in [1.807, 2.05) is 16.8 Å². The average Bonchev–Trinajstić information content (AvgIpc) is 2.92. The standard InChI is InChI=1S/C13H16N2O3S/c16-11(10-2-1-6-15(10)9-3-4-9)14-13(12(17)18)5-7-19-8-13/h1-2,6,9H,3-5,7-8H2,(H,14,16)(H,17,18). The van der Waals surface area contributed by atoms with Gasteiger partial charge in [0.05, 0.1) is 0 Å². The van der Waals surface area contributed by atoms with Crippen LogP contribution in [0.1, 0.15) is 35.8 Å². The van der Waals surface area contributed by atoms with E-state index in [4.69, 9.17) is 0 Å². The summed E-state index contributed by atoms with van der Waals surface area (Å²) in [4.78, 5) is 23.7. The number of rotatable bonds is 4. The number of amides is 1. The lowest BCUT2D eigenvalue weighted by atomic mass is 9.99. The molecule has 0 bridgehead atoms. The molecule has 0 radical (unpaired) electrons. The summed E-state index contributed by atoms with van der Waals surface area (Å²) in [6.45, 7) is 0. The molecule has 0 spiro atoms. The summed E-state index contributed by atoms with van der Waals surface area (Å²) in [7, 11) is 0. The summed E-state index contributed by atoms with van der Waals surface area (Å²) in [6.07, 6.45) is 4.57. The van der Waals surface area contributed by atoms with Gasteiger partial charge < -0.3 is 15.0 Å². The predicted molar refractivity (Wildman–Crippen MR) is 72.5 cm³/mol. The van der Waals surface area contributed by atoms with E-state index in [-0.39, 0.29) is 5.91 Å². The number of thioether (sulfide) groups is 1. The van der Waals surface area contributed by atoms with Gasteiger partial charge in [0.1, 0.15) is 11.2 Å². The zero-order valence-electron chi connectivity index (χ0n) is 10.5. The summed E-state index contributed by atoms with van der Waals surface area (Å²) in [5, 5.41) is 12.1. The van der Waals surface area contributed by atoms with E-state index in [1.165, 1.54) is 0 Å². The number of hydrogen-bond acceptors (Lipinski definition) is 3. The van der Waals surface area contributed by atoms with Gasteiger partial charge in [0, 0.05) is 18.0 Å². The van der Waals surface area contributed by atoms with Gasteiger partial charge in [-0.15, -0.1) is 0 Å². The third kappa shape index (κ3) is 2.25. The van der Waals surface area contributed by atoms with Crippen LogP contribution >= 0.6 is 11.8 Å². The lowest BCUT2D eigenvalue weighted by Crippen LogP contribution is -2.55. The van der Waals surface area contributed by atoms with Crippen molar-refractivity contribution in [1.29, 1.82) is 0 Å². The largest absolute Gasteiger partial charge is 0.479 e. The smallest absolute Gasteiger partial charge is 0.330 e. The summed E-state index contributed by atoms with van der Waals surface area (Å²) >= 11 is 1.57. The highest BCUT2D eigenvalue weighted by Gasteiger charge is 2.44. The van der Waals surface area contributed by atoms with Crippen molar-refractivity contribution in [3.8, 4) is 0 Å². The molecule has 2 aliphatic rings. The highest BCUT2D eigenvalue weighted by Crippen LogP contribution is 2.36. The molecule has 1 aliphatic carbocycles. The molecule has 5 nitrogen and oxygen atoms in total. The Hall–Kier alpha value is -1.43. The second-order valence-corrected chi connectivity index (χ2v) is 6.28. The van der Waals surface area contributed by atoms with Crippen LogP contribution in [0.25, 0.3) is 0 Å². The number of aliphatic carboxylic acids is 1. The maximum Gasteiger partial charge on any atom is 0.330 e. The molecule has 1 unspecified atom stereocenters. The molecule has 1 aromatic rings. The average molecular weight is 280 g/mol. The lowest BCUT2D eigenvalue weighted by Gasteiger charge is -2.24. The Morgan fingerprint density at radius 2 is 2.26 bits per heavy atom. The molecule has 1 amide bonds. The van der Waals surface area contributed by atoms with Gasteiger partial charge >= 0.3 is 5.97 Å². The number of hydrogen-bond donors (Lipinski definition) is 2. The topological polar surface area (TPSA) is 71.3 Å². The highest BCUT2D eigenvalue weighted by molar-refractivity contribution is 7.99. The molecule has 1 aromatic heterocycles. The second kappa shape index (κ2) is 4.59. The molecule has 2 N–H and O–H groups in total. The minimum Gasteiger partial charge on any atom is -0.479 e. The molecule has 2 heterocycles. The summed E-state index contributed by atoms with van der Waals surface area (Å²) in [6, 6.07) is 4.00. The maximum atomic E-state index is 12.3. The minimum atomic E-state index is -1.10. The fraction of sp³-hybridized carbons (Fsp3) is 0.538. The molecule has 1 aliphatic heterocycles. The Balaban J connectivity index is 1.80. The highest BCUT2D eigenvalue weighted by atomic mass is 32.2. The van der Waals surface area contributed by atoms with Crippen molar-refractivity contribution in [1.82, 2.24) is 9.88 Å². The van der Waals surface area contributed by atoms with E-state index in [0.717, 1.165) is 18.6 Å². The summed E-state index contributed by atoms with van der Waals surface area (Å²) in [5.74, 6) is 0.00575. The Bertz CT molecular complexity index is 516. The third-order valence-corrected chi connectivity index (χ3v) is 4.93. The van der Waals surface area contributed by atoms with Gasteiger partial charge in [0.2, 0.25) is 0 Å². The van der Waals surface area contributed by atoms with Crippen LogP contribution < -0.4 is 5.32 Å². The van der Waals surface area contributed by atoms with E-state index in [9.17, 15) is 14.7 Å². The van der Waals surface area contributed by atoms with E-state index in [1.54, 1.807) is 17.8 Å². The number of nitrogens with zero attached hydrogens (tertiary/aromatic N) is 1. The van der Waals surface area contributed by atoms with Gasteiger partial charge in [0.15, 0.2) is 0 Å². The molecular weight excluding hydrogens is 264 g/mol. The number of carboxylic acids is 1. The number of aromatic nitrogens is 1. The van der Waals surface area contributed by atoms with Crippen molar-refractivity contribution in [2.45, 2.75) is 30.8 Å². The van der Waals surface area contributed by atoms with Crippen molar-refractivity contribution in [2.75, 3.05) is 11.5 Å². The van der Waals surface area contributed by atoms with Crippen LogP contribution in [0.2, 0.25) is 0 Å². The SMILES string of the molecule is O=C(NC1(C(=O)O)CCSC1)c1cccn1C1CC1. The van der Waals surface area contributed by atoms with E-state index >= 15 is 0 Å². The molecular formula is C13H16N2O3S. The molecule has 1 saturated heterocycles. The fourth-order valence-electron chi connectivity index (χ4n) is 2.42. The van der Waals surface area contributed by atoms with Crippen LogP contribution in [0.4, 0.5) is 0 Å². The van der Waals surface area contributed by atoms with Crippen molar-refractivity contribution in [2.24, 2.45) is 0 Å². The number of nitrogens with one attached hydrogen (secondary N) is 1. The molecule has 3 rings (SSSR count). The molecule has 0 aromatic carbocycles. The Kier molecular flexibility index (Phi) is 3.05. The molecule has 19 heavy (non-hydrogen) atoms. The first-order valence-electron chi connectivity index (χ1n) is 6.43. The minimum absolute atomic E-state index is 0.276. The van der Waals surface area contributed by atoms with Gasteiger partial charge in [-0.2, -0.15) is 11.8 Å². The van der Waals surface area contributed by atoms with Crippen LogP contribution in [0.15, 0.2) is 18.3 Å². The normalized spacial score (nSPS) is 26.3. The first-order chi connectivity index (χ1) is 9.12. The van der Waals surface area contributed by atoms with E-state index in [2.05, 4.69) is 5.32 Å². The van der Waals surface area contributed by atoms with Crippen molar-refractivity contribution >= 4 is 23.6 Å². The number of carbonyl (C=O) groups excluding carboxylic acids is 1. The van der Waals surface area contributed by atoms with Crippen LogP contribution in [0, 0.1) is 0 Å². The molecule has 2 fully saturated rings. The van der Waals surface area contributed by atoms with Crippen molar-refractivity contribution < 1.29 is 14.7 Å². The third-order valence-electron chi connectivity index (χ3n) is 3.74. The molecule has 1 atom stereocenters. The lowest BCUT2D eigenvalue weighted by molar-refractivity contribution is -0.143. The molecule has 6 heteroatoms. The van der Waals surface area contributed by atoms with E-state index in [0.29, 0.717) is 23.9 Å². The molecule has 1 saturated carbocycles. The number of carbonyl (C=O) groups is 2. The fourth-order valence-corrected chi connectivity index (χ4v) is 3.75.